The lowest BCUT2D eigenvalue weighted by atomic mass is 10.00. The van der Waals surface area contributed by atoms with Gasteiger partial charge in [0.1, 0.15) is 22.9 Å². The van der Waals surface area contributed by atoms with Crippen LogP contribution in [0.3, 0.4) is 0 Å². The summed E-state index contributed by atoms with van der Waals surface area (Å²) in [4.78, 5) is 13.0. The second-order valence-electron chi connectivity index (χ2n) is 8.20. The lowest BCUT2D eigenvalue weighted by Gasteiger charge is -2.15. The highest BCUT2D eigenvalue weighted by Crippen LogP contribution is 2.41. The Labute approximate surface area is 197 Å². The summed E-state index contributed by atoms with van der Waals surface area (Å²) in [7, 11) is -1.81. The summed E-state index contributed by atoms with van der Waals surface area (Å²) in [5, 5.41) is 3.18. The molecule has 8 heteroatoms. The molecular weight excluding hydrogens is 457 g/mol. The molecule has 176 valence electrons. The number of sulfone groups is 1. The smallest absolute Gasteiger partial charge is 0.255 e. The number of benzene rings is 3. The third-order valence-corrected chi connectivity index (χ3v) is 6.44. The van der Waals surface area contributed by atoms with Gasteiger partial charge in [0.25, 0.3) is 5.91 Å². The van der Waals surface area contributed by atoms with Gasteiger partial charge >= 0.3 is 0 Å². The van der Waals surface area contributed by atoms with E-state index in [1.54, 1.807) is 36.4 Å². The first-order valence-electron chi connectivity index (χ1n) is 10.6. The van der Waals surface area contributed by atoms with E-state index in [1.807, 2.05) is 13.8 Å². The summed E-state index contributed by atoms with van der Waals surface area (Å²) in [6, 6.07) is 15.7. The van der Waals surface area contributed by atoms with Crippen LogP contribution in [-0.2, 0) is 9.84 Å². The maximum Gasteiger partial charge on any atom is 0.255 e. The van der Waals surface area contributed by atoms with Crippen molar-refractivity contribution in [3.8, 4) is 28.2 Å². The molecule has 34 heavy (non-hydrogen) atoms. The number of hydrogen-bond acceptors (Lipinski definition) is 5. The molecule has 3 aromatic carbocycles. The highest BCUT2D eigenvalue weighted by atomic mass is 32.2. The number of carbonyl (C=O) groups is 1. The van der Waals surface area contributed by atoms with Gasteiger partial charge in [0, 0.05) is 29.8 Å². The Morgan fingerprint density at radius 3 is 2.18 bits per heavy atom. The Morgan fingerprint density at radius 2 is 1.62 bits per heavy atom. The van der Waals surface area contributed by atoms with Crippen molar-refractivity contribution in [2.24, 2.45) is 0 Å². The van der Waals surface area contributed by atoms with Gasteiger partial charge in [-0.1, -0.05) is 12.1 Å². The maximum atomic E-state index is 13.5. The fourth-order valence-electron chi connectivity index (χ4n) is 3.74. The zero-order valence-electron chi connectivity index (χ0n) is 19.2. The molecule has 1 N–H and O–H groups in total. The molecule has 0 saturated carbocycles. The van der Waals surface area contributed by atoms with Crippen molar-refractivity contribution in [2.45, 2.75) is 24.8 Å². The number of carbonyl (C=O) groups excluding carboxylic acids is 1. The first kappa shape index (κ1) is 23.5. The van der Waals surface area contributed by atoms with Gasteiger partial charge in [-0.3, -0.25) is 4.79 Å². The summed E-state index contributed by atoms with van der Waals surface area (Å²) >= 11 is 0. The van der Waals surface area contributed by atoms with E-state index in [0.717, 1.165) is 11.8 Å². The summed E-state index contributed by atoms with van der Waals surface area (Å²) in [5.74, 6) is 0.0910. The molecule has 0 aliphatic heterocycles. The zero-order chi connectivity index (χ0) is 24.6. The van der Waals surface area contributed by atoms with Crippen LogP contribution in [0.15, 0.2) is 70.0 Å². The van der Waals surface area contributed by atoms with Crippen molar-refractivity contribution in [3.05, 3.63) is 72.0 Å². The highest BCUT2D eigenvalue weighted by molar-refractivity contribution is 7.90. The fourth-order valence-corrected chi connectivity index (χ4v) is 4.37. The Bertz CT molecular complexity index is 1470. The Balaban J connectivity index is 1.97. The highest BCUT2D eigenvalue weighted by Gasteiger charge is 2.24. The lowest BCUT2D eigenvalue weighted by Crippen LogP contribution is -2.18. The molecule has 1 aromatic heterocycles. The van der Waals surface area contributed by atoms with Crippen LogP contribution in [0.2, 0.25) is 0 Å². The van der Waals surface area contributed by atoms with Crippen LogP contribution < -0.4 is 10.1 Å². The fraction of sp³-hybridized carbons (Fsp3) is 0.192. The Hall–Kier alpha value is -3.65. The van der Waals surface area contributed by atoms with E-state index in [0.29, 0.717) is 39.2 Å². The number of hydrogen-bond donors (Lipinski definition) is 1. The lowest BCUT2D eigenvalue weighted by molar-refractivity contribution is 0.0964. The van der Waals surface area contributed by atoms with E-state index in [-0.39, 0.29) is 16.9 Å². The third kappa shape index (κ3) is 4.54. The van der Waals surface area contributed by atoms with Crippen LogP contribution in [0.1, 0.15) is 24.2 Å². The largest absolute Gasteiger partial charge is 0.490 e. The minimum absolute atomic E-state index is 0.154. The average Bonchev–Trinajstić information content (AvgIpc) is 3.16. The van der Waals surface area contributed by atoms with Crippen LogP contribution >= 0.6 is 0 Å². The van der Waals surface area contributed by atoms with Gasteiger partial charge in [0.05, 0.1) is 16.6 Å². The summed E-state index contributed by atoms with van der Waals surface area (Å²) in [5.41, 5.74) is 2.73. The van der Waals surface area contributed by atoms with Crippen molar-refractivity contribution in [3.63, 3.8) is 0 Å². The molecule has 0 aliphatic rings. The van der Waals surface area contributed by atoms with Gasteiger partial charge in [0.15, 0.2) is 9.84 Å². The predicted molar refractivity (Wildman–Crippen MR) is 129 cm³/mol. The molecule has 4 aromatic rings. The third-order valence-electron chi connectivity index (χ3n) is 5.31. The SMILES string of the molecule is CNC(=O)c1c(-c2ccc(F)cc2)oc2cc(-c3ccc(S(C)(=O)=O)cc3)c(OC(C)C)cc12. The second kappa shape index (κ2) is 8.95. The van der Waals surface area contributed by atoms with E-state index >= 15 is 0 Å². The number of fused-ring (bicyclic) bond motifs is 1. The maximum absolute atomic E-state index is 13.5. The molecule has 0 radical (unpaired) electrons. The zero-order valence-corrected chi connectivity index (χ0v) is 20.0. The Kier molecular flexibility index (Phi) is 6.18. The normalized spacial score (nSPS) is 11.7. The Morgan fingerprint density at radius 1 is 1.00 bits per heavy atom. The summed E-state index contributed by atoms with van der Waals surface area (Å²) in [6.45, 7) is 3.78. The van der Waals surface area contributed by atoms with Gasteiger partial charge in [-0.15, -0.1) is 0 Å². The molecule has 0 fully saturated rings. The van der Waals surface area contributed by atoms with Crippen molar-refractivity contribution < 1.29 is 26.8 Å². The van der Waals surface area contributed by atoms with Crippen LogP contribution in [0, 0.1) is 5.82 Å². The van der Waals surface area contributed by atoms with Crippen molar-refractivity contribution in [2.75, 3.05) is 13.3 Å². The standard InChI is InChI=1S/C26H24FNO5S/c1-15(2)32-22-14-21-23(13-20(22)16-7-11-19(12-8-16)34(4,30)31)33-25(24(21)26(29)28-3)17-5-9-18(27)10-6-17/h5-15H,1-4H3,(H,28,29). The van der Waals surface area contributed by atoms with E-state index in [1.165, 1.54) is 31.3 Å². The second-order valence-corrected chi connectivity index (χ2v) is 10.2. The van der Waals surface area contributed by atoms with Gasteiger partial charge in [0.2, 0.25) is 0 Å². The molecule has 0 unspecified atom stereocenters. The molecule has 0 spiro atoms. The van der Waals surface area contributed by atoms with E-state index < -0.39 is 15.7 Å². The molecule has 0 saturated heterocycles. The topological polar surface area (TPSA) is 85.6 Å². The molecule has 1 heterocycles. The van der Waals surface area contributed by atoms with Crippen molar-refractivity contribution in [1.29, 1.82) is 0 Å². The van der Waals surface area contributed by atoms with Crippen LogP contribution in [0.4, 0.5) is 4.39 Å². The minimum Gasteiger partial charge on any atom is -0.490 e. The van der Waals surface area contributed by atoms with Gasteiger partial charge in [-0.25, -0.2) is 12.8 Å². The number of ether oxygens (including phenoxy) is 1. The molecular formula is C26H24FNO5S. The molecule has 0 bridgehead atoms. The molecule has 4 rings (SSSR count). The number of rotatable bonds is 6. The molecule has 0 atom stereocenters. The number of nitrogens with one attached hydrogen (secondary N) is 1. The van der Waals surface area contributed by atoms with Gasteiger partial charge < -0.3 is 14.5 Å². The predicted octanol–water partition coefficient (Wildman–Crippen LogP) is 5.46. The van der Waals surface area contributed by atoms with E-state index in [4.69, 9.17) is 9.15 Å². The van der Waals surface area contributed by atoms with Gasteiger partial charge in [-0.05, 0) is 67.9 Å². The minimum atomic E-state index is -3.33. The molecule has 6 nitrogen and oxygen atoms in total. The average molecular weight is 482 g/mol. The quantitative estimate of drug-likeness (QED) is 0.395. The molecule has 1 amide bonds. The van der Waals surface area contributed by atoms with Crippen molar-refractivity contribution >= 4 is 26.7 Å². The van der Waals surface area contributed by atoms with Crippen LogP contribution in [-0.4, -0.2) is 33.7 Å². The molecule has 0 aliphatic carbocycles. The van der Waals surface area contributed by atoms with Crippen LogP contribution in [0.25, 0.3) is 33.4 Å². The number of furan rings is 1. The van der Waals surface area contributed by atoms with Gasteiger partial charge in [-0.2, -0.15) is 0 Å². The van der Waals surface area contributed by atoms with E-state index in [9.17, 15) is 17.6 Å². The number of amides is 1. The summed E-state index contributed by atoms with van der Waals surface area (Å²) in [6.07, 6.45) is 1.00. The van der Waals surface area contributed by atoms with Crippen LogP contribution in [0.5, 0.6) is 5.75 Å². The monoisotopic (exact) mass is 481 g/mol. The summed E-state index contributed by atoms with van der Waals surface area (Å²) < 4.78 is 49.4. The van der Waals surface area contributed by atoms with Crippen molar-refractivity contribution in [1.82, 2.24) is 5.32 Å². The first-order chi connectivity index (χ1) is 16.1. The first-order valence-corrected chi connectivity index (χ1v) is 12.5. The number of halogens is 1. The van der Waals surface area contributed by atoms with E-state index in [2.05, 4.69) is 5.32 Å².